The van der Waals surface area contributed by atoms with Crippen LogP contribution in [0.2, 0.25) is 0 Å². The third-order valence-electron chi connectivity index (χ3n) is 2.83. The van der Waals surface area contributed by atoms with Crippen molar-refractivity contribution >= 4 is 27.7 Å². The van der Waals surface area contributed by atoms with Crippen LogP contribution in [-0.2, 0) is 20.7 Å². The van der Waals surface area contributed by atoms with Crippen LogP contribution in [0.3, 0.4) is 0 Å². The first-order chi connectivity index (χ1) is 9.08. The summed E-state index contributed by atoms with van der Waals surface area (Å²) in [6.45, 7) is 4.02. The number of Topliss-reactive ketones (excluding diaryl/α,β-unsaturated/α-hetero) is 1. The molecule has 3 nitrogen and oxygen atoms in total. The Hall–Kier alpha value is -1.16. The molecule has 0 saturated carbocycles. The molecule has 104 valence electrons. The predicted octanol–water partition coefficient (Wildman–Crippen LogP) is 3.54. The van der Waals surface area contributed by atoms with Gasteiger partial charge in [-0.05, 0) is 31.0 Å². The Bertz CT molecular complexity index is 426. The lowest BCUT2D eigenvalue weighted by atomic mass is 9.94. The number of hydrogen-bond acceptors (Lipinski definition) is 3. The van der Waals surface area contributed by atoms with Gasteiger partial charge in [-0.2, -0.15) is 0 Å². The Morgan fingerprint density at radius 1 is 1.21 bits per heavy atom. The zero-order chi connectivity index (χ0) is 14.3. The molecule has 0 radical (unpaired) electrons. The van der Waals surface area contributed by atoms with E-state index in [-0.39, 0.29) is 12.2 Å². The van der Waals surface area contributed by atoms with E-state index in [0.717, 1.165) is 16.5 Å². The SMILES string of the molecule is CCCC(C(=O)Cc1ccc(Br)cc1)C(=O)OCC. The average Bonchev–Trinajstić information content (AvgIpc) is 2.38. The summed E-state index contributed by atoms with van der Waals surface area (Å²) in [6, 6.07) is 7.55. The maximum Gasteiger partial charge on any atom is 0.316 e. The van der Waals surface area contributed by atoms with Gasteiger partial charge in [0, 0.05) is 10.9 Å². The standard InChI is InChI=1S/C15H19BrO3/c1-3-5-13(15(18)19-4-2)14(17)10-11-6-8-12(16)9-7-11/h6-9,13H,3-5,10H2,1-2H3. The predicted molar refractivity (Wildman–Crippen MR) is 77.9 cm³/mol. The van der Waals surface area contributed by atoms with E-state index in [1.54, 1.807) is 6.92 Å². The van der Waals surface area contributed by atoms with E-state index < -0.39 is 11.9 Å². The molecule has 1 rings (SSSR count). The van der Waals surface area contributed by atoms with Crippen molar-refractivity contribution in [3.8, 4) is 0 Å². The molecule has 0 heterocycles. The molecular formula is C15H19BrO3. The van der Waals surface area contributed by atoms with E-state index in [1.165, 1.54) is 0 Å². The Balaban J connectivity index is 2.71. The van der Waals surface area contributed by atoms with Crippen LogP contribution in [0.25, 0.3) is 0 Å². The van der Waals surface area contributed by atoms with Crippen molar-refractivity contribution in [2.75, 3.05) is 6.61 Å². The Labute approximate surface area is 122 Å². The fraction of sp³-hybridized carbons (Fsp3) is 0.467. The second kappa shape index (κ2) is 8.10. The summed E-state index contributed by atoms with van der Waals surface area (Å²) in [6.07, 6.45) is 1.61. The topological polar surface area (TPSA) is 43.4 Å². The molecule has 0 N–H and O–H groups in total. The molecule has 0 fully saturated rings. The summed E-state index contributed by atoms with van der Waals surface area (Å²) >= 11 is 3.35. The Kier molecular flexibility index (Phi) is 6.78. The zero-order valence-corrected chi connectivity index (χ0v) is 12.9. The van der Waals surface area contributed by atoms with Crippen LogP contribution in [0.15, 0.2) is 28.7 Å². The van der Waals surface area contributed by atoms with Crippen LogP contribution in [0.1, 0.15) is 32.3 Å². The van der Waals surface area contributed by atoms with E-state index in [1.807, 2.05) is 31.2 Å². The second-order valence-electron chi connectivity index (χ2n) is 4.36. The molecule has 0 spiro atoms. The van der Waals surface area contributed by atoms with Crippen molar-refractivity contribution in [3.63, 3.8) is 0 Å². The molecule has 1 atom stereocenters. The van der Waals surface area contributed by atoms with Crippen molar-refractivity contribution in [1.29, 1.82) is 0 Å². The van der Waals surface area contributed by atoms with Crippen molar-refractivity contribution in [2.45, 2.75) is 33.1 Å². The molecule has 4 heteroatoms. The minimum Gasteiger partial charge on any atom is -0.465 e. The van der Waals surface area contributed by atoms with Crippen LogP contribution in [0.4, 0.5) is 0 Å². The third kappa shape index (κ3) is 5.15. The molecule has 1 aromatic rings. The van der Waals surface area contributed by atoms with Crippen LogP contribution >= 0.6 is 15.9 Å². The van der Waals surface area contributed by atoms with Crippen molar-refractivity contribution in [3.05, 3.63) is 34.3 Å². The molecule has 1 unspecified atom stereocenters. The highest BCUT2D eigenvalue weighted by Gasteiger charge is 2.26. The van der Waals surface area contributed by atoms with E-state index in [2.05, 4.69) is 15.9 Å². The summed E-state index contributed by atoms with van der Waals surface area (Å²) < 4.78 is 5.94. The summed E-state index contributed by atoms with van der Waals surface area (Å²) in [5.41, 5.74) is 0.915. The van der Waals surface area contributed by atoms with Gasteiger partial charge in [0.2, 0.25) is 0 Å². The first-order valence-corrected chi connectivity index (χ1v) is 7.31. The molecular weight excluding hydrogens is 308 g/mol. The monoisotopic (exact) mass is 326 g/mol. The zero-order valence-electron chi connectivity index (χ0n) is 11.3. The number of carbonyl (C=O) groups excluding carboxylic acids is 2. The van der Waals surface area contributed by atoms with Crippen molar-refractivity contribution < 1.29 is 14.3 Å². The van der Waals surface area contributed by atoms with Gasteiger partial charge in [-0.1, -0.05) is 41.4 Å². The number of halogens is 1. The van der Waals surface area contributed by atoms with Gasteiger partial charge in [0.15, 0.2) is 5.78 Å². The number of hydrogen-bond donors (Lipinski definition) is 0. The summed E-state index contributed by atoms with van der Waals surface area (Å²) in [4.78, 5) is 24.0. The molecule has 0 aromatic heterocycles. The molecule has 0 amide bonds. The number of ketones is 1. The van der Waals surface area contributed by atoms with Crippen LogP contribution in [0, 0.1) is 5.92 Å². The fourth-order valence-electron chi connectivity index (χ4n) is 1.87. The minimum absolute atomic E-state index is 0.0670. The maximum absolute atomic E-state index is 12.2. The van der Waals surface area contributed by atoms with Gasteiger partial charge in [-0.25, -0.2) is 0 Å². The normalized spacial score (nSPS) is 11.9. The van der Waals surface area contributed by atoms with Gasteiger partial charge in [0.05, 0.1) is 6.61 Å². The van der Waals surface area contributed by atoms with Crippen LogP contribution < -0.4 is 0 Å². The van der Waals surface area contributed by atoms with Gasteiger partial charge in [-0.15, -0.1) is 0 Å². The summed E-state index contributed by atoms with van der Waals surface area (Å²) in [5, 5.41) is 0. The highest BCUT2D eigenvalue weighted by molar-refractivity contribution is 9.10. The Morgan fingerprint density at radius 3 is 2.37 bits per heavy atom. The molecule has 0 saturated heterocycles. The molecule has 0 aliphatic rings. The minimum atomic E-state index is -0.631. The van der Waals surface area contributed by atoms with Crippen molar-refractivity contribution in [1.82, 2.24) is 0 Å². The lowest BCUT2D eigenvalue weighted by Gasteiger charge is -2.13. The number of esters is 1. The quantitative estimate of drug-likeness (QED) is 0.568. The van der Waals surface area contributed by atoms with Gasteiger partial charge in [0.25, 0.3) is 0 Å². The van der Waals surface area contributed by atoms with Gasteiger partial charge >= 0.3 is 5.97 Å². The number of rotatable bonds is 7. The highest BCUT2D eigenvalue weighted by Crippen LogP contribution is 2.16. The number of benzene rings is 1. The van der Waals surface area contributed by atoms with E-state index in [4.69, 9.17) is 4.74 Å². The van der Waals surface area contributed by atoms with Crippen LogP contribution in [-0.4, -0.2) is 18.4 Å². The third-order valence-corrected chi connectivity index (χ3v) is 3.36. The largest absolute Gasteiger partial charge is 0.465 e. The fourth-order valence-corrected chi connectivity index (χ4v) is 2.13. The van der Waals surface area contributed by atoms with Crippen molar-refractivity contribution in [2.24, 2.45) is 5.92 Å². The smallest absolute Gasteiger partial charge is 0.316 e. The molecule has 1 aromatic carbocycles. The van der Waals surface area contributed by atoms with E-state index in [9.17, 15) is 9.59 Å². The number of carbonyl (C=O) groups is 2. The molecule has 0 aliphatic carbocycles. The highest BCUT2D eigenvalue weighted by atomic mass is 79.9. The van der Waals surface area contributed by atoms with Crippen LogP contribution in [0.5, 0.6) is 0 Å². The number of ether oxygens (including phenoxy) is 1. The van der Waals surface area contributed by atoms with Gasteiger partial charge in [0.1, 0.15) is 5.92 Å². The molecule has 0 bridgehead atoms. The summed E-state index contributed by atoms with van der Waals surface area (Å²) in [5.74, 6) is -1.09. The average molecular weight is 327 g/mol. The lowest BCUT2D eigenvalue weighted by molar-refractivity contribution is -0.151. The Morgan fingerprint density at radius 2 is 1.84 bits per heavy atom. The molecule has 0 aliphatic heterocycles. The lowest BCUT2D eigenvalue weighted by Crippen LogP contribution is -2.27. The van der Waals surface area contributed by atoms with E-state index in [0.29, 0.717) is 13.0 Å². The van der Waals surface area contributed by atoms with Gasteiger partial charge in [-0.3, -0.25) is 9.59 Å². The molecule has 19 heavy (non-hydrogen) atoms. The summed E-state index contributed by atoms with van der Waals surface area (Å²) in [7, 11) is 0. The first kappa shape index (κ1) is 15.9. The maximum atomic E-state index is 12.2. The second-order valence-corrected chi connectivity index (χ2v) is 5.28. The van der Waals surface area contributed by atoms with Gasteiger partial charge < -0.3 is 4.74 Å². The first-order valence-electron chi connectivity index (χ1n) is 6.52. The van der Waals surface area contributed by atoms with E-state index >= 15 is 0 Å².